The van der Waals surface area contributed by atoms with E-state index in [0.29, 0.717) is 12.1 Å². The van der Waals surface area contributed by atoms with Crippen molar-refractivity contribution in [3.05, 3.63) is 47.3 Å². The molecule has 1 saturated heterocycles. The Morgan fingerprint density at radius 3 is 2.37 bits per heavy atom. The fraction of sp³-hybridized carbons (Fsp3) is 0.455. The fourth-order valence-corrected chi connectivity index (χ4v) is 3.66. The Labute approximate surface area is 176 Å². The van der Waals surface area contributed by atoms with Crippen LogP contribution in [-0.4, -0.2) is 38.1 Å². The highest BCUT2D eigenvalue weighted by atomic mass is 16.2. The average molecular weight is 412 g/mol. The lowest BCUT2D eigenvalue weighted by atomic mass is 10.1. The van der Waals surface area contributed by atoms with E-state index in [1.807, 2.05) is 26.8 Å². The number of benzene rings is 1. The quantitative estimate of drug-likeness (QED) is 0.683. The minimum absolute atomic E-state index is 0.119. The Hall–Kier alpha value is -3.16. The van der Waals surface area contributed by atoms with Gasteiger partial charge < -0.3 is 10.6 Å². The van der Waals surface area contributed by atoms with Gasteiger partial charge in [-0.15, -0.1) is 0 Å². The van der Waals surface area contributed by atoms with E-state index in [9.17, 15) is 14.4 Å². The SMILES string of the molecule is CCC[C@@H](C(=O)Nc1ccc(CN2C(=O)NC(C)(C)C2=O)cc1)n1nc(C)cc1C. The summed E-state index contributed by atoms with van der Waals surface area (Å²) in [5, 5.41) is 10.1. The summed E-state index contributed by atoms with van der Waals surface area (Å²) in [6.07, 6.45) is 1.55. The first-order valence-corrected chi connectivity index (χ1v) is 10.2. The Bertz CT molecular complexity index is 962. The number of anilines is 1. The van der Waals surface area contributed by atoms with E-state index in [4.69, 9.17) is 0 Å². The van der Waals surface area contributed by atoms with Crippen LogP contribution in [0.25, 0.3) is 0 Å². The number of carbonyl (C=O) groups excluding carboxylic acids is 3. The van der Waals surface area contributed by atoms with Crippen LogP contribution in [0.4, 0.5) is 10.5 Å². The normalized spacial score (nSPS) is 16.5. The van der Waals surface area contributed by atoms with E-state index in [2.05, 4.69) is 15.7 Å². The summed E-state index contributed by atoms with van der Waals surface area (Å²) in [5.41, 5.74) is 2.41. The first-order valence-electron chi connectivity index (χ1n) is 10.2. The third-order valence-corrected chi connectivity index (χ3v) is 5.21. The van der Waals surface area contributed by atoms with Crippen molar-refractivity contribution in [1.29, 1.82) is 0 Å². The van der Waals surface area contributed by atoms with Crippen LogP contribution in [0.3, 0.4) is 0 Å². The van der Waals surface area contributed by atoms with Gasteiger partial charge in [-0.05, 0) is 57.9 Å². The van der Waals surface area contributed by atoms with Gasteiger partial charge in [0.25, 0.3) is 5.91 Å². The first kappa shape index (κ1) is 21.5. The Morgan fingerprint density at radius 2 is 1.87 bits per heavy atom. The molecule has 0 radical (unpaired) electrons. The topological polar surface area (TPSA) is 96.3 Å². The number of rotatable bonds is 7. The Kier molecular flexibility index (Phi) is 5.96. The lowest BCUT2D eigenvalue weighted by molar-refractivity contribution is -0.130. The summed E-state index contributed by atoms with van der Waals surface area (Å²) in [6, 6.07) is 8.36. The number of nitrogens with zero attached hydrogens (tertiary/aromatic N) is 3. The van der Waals surface area contributed by atoms with E-state index >= 15 is 0 Å². The van der Waals surface area contributed by atoms with Gasteiger partial charge in [0.05, 0.1) is 12.2 Å². The molecule has 0 aliphatic carbocycles. The van der Waals surface area contributed by atoms with E-state index in [-0.39, 0.29) is 24.4 Å². The van der Waals surface area contributed by atoms with Crippen molar-refractivity contribution in [3.8, 4) is 0 Å². The number of imide groups is 1. The van der Waals surface area contributed by atoms with Gasteiger partial charge in [0, 0.05) is 11.4 Å². The minimum Gasteiger partial charge on any atom is -0.324 e. The summed E-state index contributed by atoms with van der Waals surface area (Å²) in [6.45, 7) is 9.45. The predicted molar refractivity (Wildman–Crippen MR) is 114 cm³/mol. The number of aryl methyl sites for hydroxylation is 2. The van der Waals surface area contributed by atoms with Crippen LogP contribution in [0, 0.1) is 13.8 Å². The number of hydrogen-bond donors (Lipinski definition) is 2. The third kappa shape index (κ3) is 4.37. The highest BCUT2D eigenvalue weighted by Crippen LogP contribution is 2.22. The summed E-state index contributed by atoms with van der Waals surface area (Å²) in [4.78, 5) is 38.5. The maximum atomic E-state index is 12.9. The van der Waals surface area contributed by atoms with Crippen molar-refractivity contribution in [1.82, 2.24) is 20.0 Å². The molecule has 0 unspecified atom stereocenters. The van der Waals surface area contributed by atoms with Gasteiger partial charge in [0.2, 0.25) is 5.91 Å². The molecule has 8 nitrogen and oxygen atoms in total. The molecule has 3 rings (SSSR count). The molecule has 0 spiro atoms. The van der Waals surface area contributed by atoms with Gasteiger partial charge in [-0.1, -0.05) is 25.5 Å². The second-order valence-electron chi connectivity index (χ2n) is 8.31. The summed E-state index contributed by atoms with van der Waals surface area (Å²) in [7, 11) is 0. The summed E-state index contributed by atoms with van der Waals surface area (Å²) in [5.74, 6) is -0.371. The third-order valence-electron chi connectivity index (χ3n) is 5.21. The van der Waals surface area contributed by atoms with E-state index < -0.39 is 11.6 Å². The van der Waals surface area contributed by atoms with Gasteiger partial charge in [-0.2, -0.15) is 5.10 Å². The molecule has 1 aliphatic heterocycles. The van der Waals surface area contributed by atoms with Gasteiger partial charge in [0.1, 0.15) is 11.6 Å². The standard InChI is InChI=1S/C22H29N5O3/c1-6-7-18(27-15(3)12-14(2)25-27)19(28)23-17-10-8-16(9-11-17)13-26-20(29)22(4,5)24-21(26)30/h8-12,18H,6-7,13H2,1-5H3,(H,23,28)(H,24,30)/t18-/m0/s1. The number of urea groups is 1. The number of hydrogen-bond acceptors (Lipinski definition) is 4. The highest BCUT2D eigenvalue weighted by molar-refractivity contribution is 6.06. The highest BCUT2D eigenvalue weighted by Gasteiger charge is 2.44. The molecule has 4 amide bonds. The average Bonchev–Trinajstić information content (AvgIpc) is 3.10. The number of nitrogens with one attached hydrogen (secondary N) is 2. The predicted octanol–water partition coefficient (Wildman–Crippen LogP) is 3.31. The molecule has 1 aromatic heterocycles. The smallest absolute Gasteiger partial charge is 0.324 e. The second-order valence-corrected chi connectivity index (χ2v) is 8.31. The largest absolute Gasteiger partial charge is 0.325 e. The molecule has 2 heterocycles. The van der Waals surface area contributed by atoms with Crippen LogP contribution in [0.1, 0.15) is 56.6 Å². The lowest BCUT2D eigenvalue weighted by Crippen LogP contribution is -2.40. The van der Waals surface area contributed by atoms with Crippen LogP contribution in [0.5, 0.6) is 0 Å². The molecular weight excluding hydrogens is 382 g/mol. The van der Waals surface area contributed by atoms with Crippen molar-refractivity contribution in [2.24, 2.45) is 0 Å². The molecular formula is C22H29N5O3. The van der Waals surface area contributed by atoms with Crippen molar-refractivity contribution in [2.75, 3.05) is 5.32 Å². The Morgan fingerprint density at radius 1 is 1.20 bits per heavy atom. The van der Waals surface area contributed by atoms with Crippen molar-refractivity contribution < 1.29 is 14.4 Å². The number of aromatic nitrogens is 2. The fourth-order valence-electron chi connectivity index (χ4n) is 3.66. The minimum atomic E-state index is -0.887. The zero-order valence-electron chi connectivity index (χ0n) is 18.2. The van der Waals surface area contributed by atoms with E-state index in [0.717, 1.165) is 23.4 Å². The van der Waals surface area contributed by atoms with E-state index in [1.165, 1.54) is 4.90 Å². The van der Waals surface area contributed by atoms with Gasteiger partial charge in [-0.25, -0.2) is 4.79 Å². The second kappa shape index (κ2) is 8.30. The molecule has 0 saturated carbocycles. The number of carbonyl (C=O) groups is 3. The van der Waals surface area contributed by atoms with Crippen molar-refractivity contribution >= 4 is 23.5 Å². The lowest BCUT2D eigenvalue weighted by Gasteiger charge is -2.19. The van der Waals surface area contributed by atoms with E-state index in [1.54, 1.807) is 42.8 Å². The molecule has 1 aromatic carbocycles. The molecule has 8 heteroatoms. The summed E-state index contributed by atoms with van der Waals surface area (Å²) >= 11 is 0. The molecule has 0 bridgehead atoms. The molecule has 30 heavy (non-hydrogen) atoms. The molecule has 1 aliphatic rings. The van der Waals surface area contributed by atoms with Crippen LogP contribution in [0.2, 0.25) is 0 Å². The first-order chi connectivity index (χ1) is 14.1. The number of amides is 4. The van der Waals surface area contributed by atoms with Crippen molar-refractivity contribution in [3.63, 3.8) is 0 Å². The molecule has 2 N–H and O–H groups in total. The van der Waals surface area contributed by atoms with Crippen LogP contribution in [0.15, 0.2) is 30.3 Å². The molecule has 2 aromatic rings. The molecule has 160 valence electrons. The van der Waals surface area contributed by atoms with Crippen LogP contribution in [-0.2, 0) is 16.1 Å². The maximum Gasteiger partial charge on any atom is 0.325 e. The monoisotopic (exact) mass is 411 g/mol. The van der Waals surface area contributed by atoms with Crippen LogP contribution < -0.4 is 10.6 Å². The van der Waals surface area contributed by atoms with Gasteiger partial charge in [0.15, 0.2) is 0 Å². The zero-order chi connectivity index (χ0) is 22.1. The van der Waals surface area contributed by atoms with Gasteiger partial charge in [-0.3, -0.25) is 19.2 Å². The zero-order valence-corrected chi connectivity index (χ0v) is 18.2. The molecule has 1 fully saturated rings. The van der Waals surface area contributed by atoms with Crippen molar-refractivity contribution in [2.45, 2.75) is 65.6 Å². The molecule has 1 atom stereocenters. The summed E-state index contributed by atoms with van der Waals surface area (Å²) < 4.78 is 1.78. The Balaban J connectivity index is 1.69. The van der Waals surface area contributed by atoms with Crippen LogP contribution >= 0.6 is 0 Å². The van der Waals surface area contributed by atoms with Gasteiger partial charge >= 0.3 is 6.03 Å². The maximum absolute atomic E-state index is 12.9.